The van der Waals surface area contributed by atoms with Crippen LogP contribution >= 0.6 is 7.60 Å². The lowest BCUT2D eigenvalue weighted by atomic mass is 9.86. The van der Waals surface area contributed by atoms with Crippen LogP contribution in [0.3, 0.4) is 0 Å². The molecule has 2 unspecified atom stereocenters. The molecule has 1 aromatic heterocycles. The monoisotopic (exact) mass is 520 g/mol. The third kappa shape index (κ3) is 5.24. The van der Waals surface area contributed by atoms with E-state index in [4.69, 9.17) is 9.05 Å². The van der Waals surface area contributed by atoms with E-state index in [1.165, 1.54) is 19.1 Å². The molecular weight excluding hydrogens is 487 g/mol. The lowest BCUT2D eigenvalue weighted by Crippen LogP contribution is -2.32. The Labute approximate surface area is 207 Å². The Balaban J connectivity index is 1.64. The van der Waals surface area contributed by atoms with Crippen LogP contribution in [-0.4, -0.2) is 38.8 Å². The minimum atomic E-state index is -3.60. The number of rotatable bonds is 10. The van der Waals surface area contributed by atoms with E-state index in [0.717, 1.165) is 18.4 Å². The summed E-state index contributed by atoms with van der Waals surface area (Å²) in [6, 6.07) is 11.5. The van der Waals surface area contributed by atoms with Gasteiger partial charge in [0.15, 0.2) is 15.3 Å². The highest BCUT2D eigenvalue weighted by molar-refractivity contribution is 7.90. The zero-order valence-electron chi connectivity index (χ0n) is 20.4. The number of sulfone groups is 1. The van der Waals surface area contributed by atoms with Gasteiger partial charge in [0, 0.05) is 6.26 Å². The van der Waals surface area contributed by atoms with Crippen molar-refractivity contribution < 1.29 is 26.8 Å². The molecule has 2 aromatic rings. The predicted octanol–water partition coefficient (Wildman–Crippen LogP) is 4.46. The van der Waals surface area contributed by atoms with Crippen LogP contribution in [0.5, 0.6) is 0 Å². The van der Waals surface area contributed by atoms with Crippen LogP contribution in [0.15, 0.2) is 47.4 Å². The van der Waals surface area contributed by atoms with Crippen molar-refractivity contribution in [1.82, 2.24) is 4.98 Å². The summed E-state index contributed by atoms with van der Waals surface area (Å²) in [4.78, 5) is 18.4. The zero-order chi connectivity index (χ0) is 25.3. The second-order valence-electron chi connectivity index (χ2n) is 9.29. The molecule has 2 aliphatic carbocycles. The van der Waals surface area contributed by atoms with E-state index < -0.39 is 22.8 Å². The maximum absolute atomic E-state index is 13.8. The van der Waals surface area contributed by atoms with E-state index in [-0.39, 0.29) is 41.2 Å². The van der Waals surface area contributed by atoms with Crippen molar-refractivity contribution in [2.24, 2.45) is 11.8 Å². The average Bonchev–Trinajstić information content (AvgIpc) is 3.35. The van der Waals surface area contributed by atoms with Gasteiger partial charge < -0.3 is 14.4 Å². The van der Waals surface area contributed by atoms with Crippen LogP contribution in [0.1, 0.15) is 51.5 Å². The number of carbonyl (C=O) groups is 1. The van der Waals surface area contributed by atoms with Gasteiger partial charge in [-0.05, 0) is 61.9 Å². The zero-order valence-corrected chi connectivity index (χ0v) is 22.1. The Morgan fingerprint density at radius 1 is 1.09 bits per heavy atom. The van der Waals surface area contributed by atoms with E-state index in [9.17, 15) is 17.8 Å². The summed E-state index contributed by atoms with van der Waals surface area (Å²) in [7, 11) is -6.93. The molecule has 1 amide bonds. The minimum Gasteiger partial charge on any atom is -0.310 e. The van der Waals surface area contributed by atoms with E-state index in [2.05, 4.69) is 10.3 Å². The highest BCUT2D eigenvalue weighted by atomic mass is 32.2. The topological polar surface area (TPSA) is 112 Å². The lowest BCUT2D eigenvalue weighted by Gasteiger charge is -2.21. The first-order chi connectivity index (χ1) is 16.6. The Kier molecular flexibility index (Phi) is 7.53. The van der Waals surface area contributed by atoms with Crippen molar-refractivity contribution in [3.63, 3.8) is 0 Å². The van der Waals surface area contributed by atoms with Gasteiger partial charge in [0.2, 0.25) is 5.91 Å². The van der Waals surface area contributed by atoms with Crippen LogP contribution in [0, 0.1) is 11.8 Å². The van der Waals surface area contributed by atoms with E-state index in [1.54, 1.807) is 56.3 Å². The molecular formula is C25H33N2O6PS. The van der Waals surface area contributed by atoms with Crippen molar-refractivity contribution in [3.05, 3.63) is 48.0 Å². The van der Waals surface area contributed by atoms with Gasteiger partial charge in [-0.15, -0.1) is 0 Å². The number of carbonyl (C=O) groups excluding carboxylic acids is 1. The average molecular weight is 521 g/mol. The van der Waals surface area contributed by atoms with Crippen LogP contribution in [0.25, 0.3) is 0 Å². The summed E-state index contributed by atoms with van der Waals surface area (Å²) in [5.41, 5.74) is 0.213. The van der Waals surface area contributed by atoms with Crippen molar-refractivity contribution in [2.75, 3.05) is 24.8 Å². The number of aromatic nitrogens is 1. The van der Waals surface area contributed by atoms with Gasteiger partial charge in [0.05, 0.1) is 23.5 Å². The molecule has 35 heavy (non-hydrogen) atoms. The molecule has 1 heterocycles. The van der Waals surface area contributed by atoms with Crippen molar-refractivity contribution >= 4 is 34.6 Å². The van der Waals surface area contributed by atoms with Crippen molar-refractivity contribution in [2.45, 2.75) is 56.3 Å². The number of anilines is 1. The molecule has 0 aliphatic heterocycles. The quantitative estimate of drug-likeness (QED) is 0.460. The number of benzene rings is 1. The smallest absolute Gasteiger partial charge is 0.310 e. The fourth-order valence-electron chi connectivity index (χ4n) is 5.32. The highest BCUT2D eigenvalue weighted by Gasteiger charge is 2.63. The number of nitrogens with one attached hydrogen (secondary N) is 1. The van der Waals surface area contributed by atoms with Crippen LogP contribution < -0.4 is 10.8 Å². The minimum absolute atomic E-state index is 0.147. The van der Waals surface area contributed by atoms with Crippen LogP contribution in [0.4, 0.5) is 5.82 Å². The Morgan fingerprint density at radius 3 is 2.29 bits per heavy atom. The molecule has 2 fully saturated rings. The maximum Gasteiger partial charge on any atom is 0.379 e. The summed E-state index contributed by atoms with van der Waals surface area (Å²) < 4.78 is 47.8. The molecule has 1 aromatic carbocycles. The van der Waals surface area contributed by atoms with E-state index >= 15 is 0 Å². The Morgan fingerprint density at radius 2 is 1.71 bits per heavy atom. The molecule has 2 aliphatic rings. The fourth-order valence-corrected chi connectivity index (χ4v) is 7.47. The van der Waals surface area contributed by atoms with E-state index in [1.807, 2.05) is 0 Å². The van der Waals surface area contributed by atoms with Gasteiger partial charge >= 0.3 is 7.60 Å². The van der Waals surface area contributed by atoms with Crippen LogP contribution in [-0.2, 0) is 33.7 Å². The summed E-state index contributed by atoms with van der Waals surface area (Å²) in [5, 5.41) is 2.94. The summed E-state index contributed by atoms with van der Waals surface area (Å²) in [6.07, 6.45) is 6.41. The fraction of sp³-hybridized carbons (Fsp3) is 0.520. The molecule has 1 N–H and O–H groups in total. The third-order valence-electron chi connectivity index (χ3n) is 7.04. The predicted molar refractivity (Wildman–Crippen MR) is 135 cm³/mol. The molecule has 0 saturated heterocycles. The summed E-state index contributed by atoms with van der Waals surface area (Å²) in [6.45, 7) is 3.86. The number of nitrogens with zero attached hydrogens (tertiary/aromatic N) is 1. The SMILES string of the molecule is CCOP(=O)(OCC)c1cccc(NC(=O)C2(c3ccc(S(C)(=O)=O)cc3)CC2C2CCCC2)n1. The molecule has 4 rings (SSSR count). The normalized spacial score (nSPS) is 22.8. The van der Waals surface area contributed by atoms with Gasteiger partial charge in [-0.3, -0.25) is 9.36 Å². The molecule has 8 nitrogen and oxygen atoms in total. The van der Waals surface area contributed by atoms with Gasteiger partial charge in [0.25, 0.3) is 0 Å². The first-order valence-corrected chi connectivity index (χ1v) is 15.6. The lowest BCUT2D eigenvalue weighted by molar-refractivity contribution is -0.119. The van der Waals surface area contributed by atoms with Gasteiger partial charge in [-0.1, -0.05) is 43.9 Å². The molecule has 0 bridgehead atoms. The standard InChI is InChI=1S/C25H33N2O6PS/c1-4-32-34(29,33-5-2)23-12-8-11-22(26-23)27-24(28)25(17-21(25)18-9-6-7-10-18)19-13-15-20(16-14-19)35(3,30)31/h8,11-16,18,21H,4-7,9-10,17H2,1-3H3,(H,26,27,28). The summed E-state index contributed by atoms with van der Waals surface area (Å²) in [5.74, 6) is 0.742. The van der Waals surface area contributed by atoms with Gasteiger partial charge in [-0.25, -0.2) is 13.4 Å². The second-order valence-corrected chi connectivity index (χ2v) is 13.3. The maximum atomic E-state index is 13.8. The summed E-state index contributed by atoms with van der Waals surface area (Å²) >= 11 is 0. The first kappa shape index (κ1) is 26.0. The number of amides is 1. The Hall–Kier alpha value is -2.06. The second kappa shape index (κ2) is 10.1. The molecule has 2 atom stereocenters. The highest BCUT2D eigenvalue weighted by Crippen LogP contribution is 2.61. The van der Waals surface area contributed by atoms with Crippen LogP contribution in [0.2, 0.25) is 0 Å². The van der Waals surface area contributed by atoms with Gasteiger partial charge in [-0.2, -0.15) is 0 Å². The largest absolute Gasteiger partial charge is 0.379 e. The molecule has 190 valence electrons. The third-order valence-corrected chi connectivity index (χ3v) is 10.2. The molecule has 0 spiro atoms. The van der Waals surface area contributed by atoms with Crippen molar-refractivity contribution in [3.8, 4) is 0 Å². The molecule has 10 heteroatoms. The Bertz CT molecular complexity index is 1220. The van der Waals surface area contributed by atoms with Gasteiger partial charge in [0.1, 0.15) is 5.82 Å². The first-order valence-electron chi connectivity index (χ1n) is 12.1. The number of hydrogen-bond donors (Lipinski definition) is 1. The molecule has 2 saturated carbocycles. The molecule has 0 radical (unpaired) electrons. The van der Waals surface area contributed by atoms with E-state index in [0.29, 0.717) is 12.3 Å². The van der Waals surface area contributed by atoms with Crippen molar-refractivity contribution in [1.29, 1.82) is 0 Å². The number of pyridine rings is 1. The number of hydrogen-bond acceptors (Lipinski definition) is 7.